The minimum Gasteiger partial charge on any atom is -0.295 e. The number of nitriles is 1. The molecule has 0 N–H and O–H groups in total. The van der Waals surface area contributed by atoms with Crippen LogP contribution in [0.15, 0.2) is 41.2 Å². The molecule has 5 heteroatoms. The molecule has 0 aliphatic heterocycles. The van der Waals surface area contributed by atoms with Crippen LogP contribution in [0.4, 0.5) is 4.39 Å². The van der Waals surface area contributed by atoms with E-state index in [9.17, 15) is 14.4 Å². The van der Waals surface area contributed by atoms with Gasteiger partial charge in [-0.15, -0.1) is 0 Å². The summed E-state index contributed by atoms with van der Waals surface area (Å²) in [6.45, 7) is 6.88. The van der Waals surface area contributed by atoms with Gasteiger partial charge in [-0.05, 0) is 40.8 Å². The standard InChI is InChI=1S/C20H20FN3O/c1-20(2,3)12-24-17-8-5-13(10-18(17)23(4)19(24)25)16-7-6-15(21)9-14(16)11-22/h5-10H,12H2,1-4H3. The number of halogens is 1. The molecule has 2 aromatic carbocycles. The molecule has 0 saturated carbocycles. The van der Waals surface area contributed by atoms with E-state index >= 15 is 0 Å². The second-order valence-electron chi connectivity index (χ2n) is 7.49. The average molecular weight is 337 g/mol. The van der Waals surface area contributed by atoms with Crippen molar-refractivity contribution in [2.75, 3.05) is 0 Å². The van der Waals surface area contributed by atoms with Gasteiger partial charge in [0.15, 0.2) is 0 Å². The number of hydrogen-bond acceptors (Lipinski definition) is 2. The van der Waals surface area contributed by atoms with E-state index in [4.69, 9.17) is 0 Å². The van der Waals surface area contributed by atoms with E-state index in [-0.39, 0.29) is 16.7 Å². The number of nitrogens with zero attached hydrogens (tertiary/aromatic N) is 3. The second kappa shape index (κ2) is 5.89. The maximum absolute atomic E-state index is 13.4. The Kier molecular flexibility index (Phi) is 4.00. The lowest BCUT2D eigenvalue weighted by molar-refractivity contribution is 0.342. The summed E-state index contributed by atoms with van der Waals surface area (Å²) in [5, 5.41) is 9.27. The Hall–Kier alpha value is -2.87. The highest BCUT2D eigenvalue weighted by Crippen LogP contribution is 2.28. The highest BCUT2D eigenvalue weighted by Gasteiger charge is 2.18. The van der Waals surface area contributed by atoms with Gasteiger partial charge in [0.05, 0.1) is 22.7 Å². The first-order chi connectivity index (χ1) is 11.7. The molecule has 0 bridgehead atoms. The molecule has 0 atom stereocenters. The van der Waals surface area contributed by atoms with Crippen LogP contribution in [0.5, 0.6) is 0 Å². The van der Waals surface area contributed by atoms with E-state index in [1.165, 1.54) is 12.1 Å². The molecule has 1 heterocycles. The summed E-state index contributed by atoms with van der Waals surface area (Å²) >= 11 is 0. The number of fused-ring (bicyclic) bond motifs is 1. The average Bonchev–Trinajstić information content (AvgIpc) is 2.78. The van der Waals surface area contributed by atoms with Gasteiger partial charge in [-0.3, -0.25) is 9.13 Å². The molecule has 0 radical (unpaired) electrons. The third-order valence-corrected chi connectivity index (χ3v) is 4.19. The zero-order chi connectivity index (χ0) is 18.4. The van der Waals surface area contributed by atoms with Gasteiger partial charge in [0.25, 0.3) is 0 Å². The van der Waals surface area contributed by atoms with E-state index in [0.29, 0.717) is 12.1 Å². The number of imidazole rings is 1. The van der Waals surface area contributed by atoms with E-state index in [1.54, 1.807) is 22.2 Å². The van der Waals surface area contributed by atoms with Crippen molar-refractivity contribution in [2.24, 2.45) is 12.5 Å². The topological polar surface area (TPSA) is 50.7 Å². The smallest absolute Gasteiger partial charge is 0.295 e. The quantitative estimate of drug-likeness (QED) is 0.708. The highest BCUT2D eigenvalue weighted by atomic mass is 19.1. The molecular formula is C20H20FN3O. The molecule has 25 heavy (non-hydrogen) atoms. The molecule has 0 saturated heterocycles. The Morgan fingerprint density at radius 2 is 1.84 bits per heavy atom. The fourth-order valence-electron chi connectivity index (χ4n) is 3.06. The molecule has 3 rings (SSSR count). The molecule has 0 aliphatic carbocycles. The second-order valence-corrected chi connectivity index (χ2v) is 7.49. The van der Waals surface area contributed by atoms with Crippen LogP contribution in [0, 0.1) is 22.6 Å². The molecule has 3 aromatic rings. The zero-order valence-electron chi connectivity index (χ0n) is 14.8. The SMILES string of the molecule is Cn1c(=O)n(CC(C)(C)C)c2ccc(-c3ccc(F)cc3C#N)cc21. The summed E-state index contributed by atoms with van der Waals surface area (Å²) in [5.41, 5.74) is 3.27. The van der Waals surface area contributed by atoms with E-state index in [2.05, 4.69) is 20.8 Å². The van der Waals surface area contributed by atoms with Crippen molar-refractivity contribution in [3.05, 3.63) is 58.3 Å². The van der Waals surface area contributed by atoms with Gasteiger partial charge >= 0.3 is 5.69 Å². The predicted molar refractivity (Wildman–Crippen MR) is 96.7 cm³/mol. The molecule has 1 aromatic heterocycles. The minimum absolute atomic E-state index is 0.0261. The monoisotopic (exact) mass is 337 g/mol. The van der Waals surface area contributed by atoms with Crippen molar-refractivity contribution >= 4 is 11.0 Å². The molecule has 0 amide bonds. The molecule has 0 aliphatic rings. The Morgan fingerprint density at radius 1 is 1.12 bits per heavy atom. The third-order valence-electron chi connectivity index (χ3n) is 4.19. The fraction of sp³-hybridized carbons (Fsp3) is 0.300. The van der Waals surface area contributed by atoms with Crippen LogP contribution in [0.25, 0.3) is 22.2 Å². The number of aromatic nitrogens is 2. The summed E-state index contributed by atoms with van der Waals surface area (Å²) in [4.78, 5) is 12.6. The third kappa shape index (κ3) is 3.08. The number of benzene rings is 2. The van der Waals surface area contributed by atoms with Crippen LogP contribution in [0.3, 0.4) is 0 Å². The summed E-state index contributed by atoms with van der Waals surface area (Å²) in [7, 11) is 1.74. The first kappa shape index (κ1) is 17.0. The molecular weight excluding hydrogens is 317 g/mol. The molecule has 128 valence electrons. The van der Waals surface area contributed by atoms with Crippen LogP contribution in [0.1, 0.15) is 26.3 Å². The van der Waals surface area contributed by atoms with Gasteiger partial charge in [0.1, 0.15) is 5.82 Å². The van der Waals surface area contributed by atoms with Crippen molar-refractivity contribution in [2.45, 2.75) is 27.3 Å². The van der Waals surface area contributed by atoms with Gasteiger partial charge in [0.2, 0.25) is 0 Å². The summed E-state index contributed by atoms with van der Waals surface area (Å²) in [6.07, 6.45) is 0. The van der Waals surface area contributed by atoms with Crippen LogP contribution in [-0.2, 0) is 13.6 Å². The Labute approximate surface area is 145 Å². The van der Waals surface area contributed by atoms with Gasteiger partial charge in [0, 0.05) is 13.6 Å². The molecule has 4 nitrogen and oxygen atoms in total. The molecule has 0 fully saturated rings. The normalized spacial score (nSPS) is 11.7. The molecule has 0 spiro atoms. The highest BCUT2D eigenvalue weighted by molar-refractivity contribution is 5.84. The summed E-state index contributed by atoms with van der Waals surface area (Å²) in [6, 6.07) is 11.8. The maximum Gasteiger partial charge on any atom is 0.328 e. The maximum atomic E-state index is 13.4. The van der Waals surface area contributed by atoms with E-state index < -0.39 is 5.82 Å². The number of hydrogen-bond donors (Lipinski definition) is 0. The minimum atomic E-state index is -0.440. The fourth-order valence-corrected chi connectivity index (χ4v) is 3.06. The lowest BCUT2D eigenvalue weighted by Crippen LogP contribution is -2.27. The number of aryl methyl sites for hydroxylation is 1. The van der Waals surface area contributed by atoms with Crippen LogP contribution < -0.4 is 5.69 Å². The van der Waals surface area contributed by atoms with E-state index in [1.807, 2.05) is 24.3 Å². The first-order valence-corrected chi connectivity index (χ1v) is 8.10. The van der Waals surface area contributed by atoms with Crippen molar-refractivity contribution in [3.63, 3.8) is 0 Å². The Morgan fingerprint density at radius 3 is 2.48 bits per heavy atom. The van der Waals surface area contributed by atoms with Crippen molar-refractivity contribution in [3.8, 4) is 17.2 Å². The van der Waals surface area contributed by atoms with Crippen molar-refractivity contribution in [1.82, 2.24) is 9.13 Å². The lowest BCUT2D eigenvalue weighted by Gasteiger charge is -2.18. The lowest BCUT2D eigenvalue weighted by atomic mass is 9.96. The predicted octanol–water partition coefficient (Wildman–Crippen LogP) is 4.06. The van der Waals surface area contributed by atoms with Crippen molar-refractivity contribution < 1.29 is 4.39 Å². The molecule has 0 unspecified atom stereocenters. The van der Waals surface area contributed by atoms with Crippen LogP contribution in [-0.4, -0.2) is 9.13 Å². The van der Waals surface area contributed by atoms with Crippen LogP contribution >= 0.6 is 0 Å². The van der Waals surface area contributed by atoms with Gasteiger partial charge < -0.3 is 0 Å². The van der Waals surface area contributed by atoms with Crippen LogP contribution in [0.2, 0.25) is 0 Å². The first-order valence-electron chi connectivity index (χ1n) is 8.10. The van der Waals surface area contributed by atoms with Gasteiger partial charge in [-0.25, -0.2) is 9.18 Å². The largest absolute Gasteiger partial charge is 0.328 e. The summed E-state index contributed by atoms with van der Waals surface area (Å²) in [5.74, 6) is -0.440. The Bertz CT molecular complexity index is 1060. The number of rotatable bonds is 2. The zero-order valence-corrected chi connectivity index (χ0v) is 14.8. The van der Waals surface area contributed by atoms with Gasteiger partial charge in [-0.2, -0.15) is 5.26 Å². The van der Waals surface area contributed by atoms with Gasteiger partial charge in [-0.1, -0.05) is 32.9 Å². The Balaban J connectivity index is 2.22. The van der Waals surface area contributed by atoms with E-state index in [0.717, 1.165) is 16.6 Å². The summed E-state index contributed by atoms with van der Waals surface area (Å²) < 4.78 is 16.8. The van der Waals surface area contributed by atoms with Crippen molar-refractivity contribution in [1.29, 1.82) is 5.26 Å².